The molecule has 9 aliphatic rings. The smallest absolute Gasteiger partial charge is 0.0962 e. The number of hydrogen-bond acceptors (Lipinski definition) is 16. The molecule has 9 saturated heterocycles. The van der Waals surface area contributed by atoms with Gasteiger partial charge in [0.1, 0.15) is 0 Å². The molecule has 9 heterocycles. The van der Waals surface area contributed by atoms with Crippen molar-refractivity contribution in [1.29, 1.82) is 0 Å². The summed E-state index contributed by atoms with van der Waals surface area (Å²) in [6.07, 6.45) is -1.55. The van der Waals surface area contributed by atoms with Crippen molar-refractivity contribution in [3.05, 3.63) is 0 Å². The van der Waals surface area contributed by atoms with Crippen molar-refractivity contribution < 1.29 is 0 Å². The maximum Gasteiger partial charge on any atom is 0.0962 e. The molecule has 0 spiro atoms. The first-order valence-corrected chi connectivity index (χ1v) is 22.9. The summed E-state index contributed by atoms with van der Waals surface area (Å²) >= 11 is 0. The highest BCUT2D eigenvalue weighted by Gasteiger charge is 2.58. The molecule has 0 amide bonds. The van der Waals surface area contributed by atoms with E-state index in [1.54, 1.807) is 0 Å². The van der Waals surface area contributed by atoms with Gasteiger partial charge < -0.3 is 0 Å². The van der Waals surface area contributed by atoms with Crippen LogP contribution in [-0.2, 0) is 0 Å². The van der Waals surface area contributed by atoms with E-state index >= 15 is 0 Å². The monoisotopic (exact) mass is 865 g/mol. The zero-order valence-corrected chi connectivity index (χ0v) is 37.9. The summed E-state index contributed by atoms with van der Waals surface area (Å²) in [5, 5.41) is 63.8. The molecule has 16 nitrogen and oxygen atoms in total. The Morgan fingerprint density at radius 2 is 0.281 bits per heavy atom. The van der Waals surface area contributed by atoms with Gasteiger partial charge in [0.25, 0.3) is 0 Å². The zero-order chi connectivity index (χ0) is 44.5. The van der Waals surface area contributed by atoms with Crippen molar-refractivity contribution >= 4 is 0 Å². The Bertz CT molecular complexity index is 1810. The summed E-state index contributed by atoms with van der Waals surface area (Å²) in [6.45, 7) is 15.1. The van der Waals surface area contributed by atoms with Crippen molar-refractivity contribution in [2.24, 2.45) is 0 Å². The van der Waals surface area contributed by atoms with Gasteiger partial charge in [0, 0.05) is 0 Å². The second-order valence-electron chi connectivity index (χ2n) is 17.7. The Hall–Kier alpha value is -4.16. The van der Waals surface area contributed by atoms with E-state index in [0.717, 1.165) is 0 Å². The number of fused-ring (bicyclic) bond motifs is 20. The Balaban J connectivity index is 1.12. The minimum Gasteiger partial charge on any atom is -0.294 e. The SMILES string of the molecule is CC#CC1NC2C3NC(NC4NC(NC5NC(NC6NC(N3)C3NC(C#CC)C(C#CC)NC63)C3NC(C#CC)C(C#CC)NC53)C3NC(C#CC)C(C#CC)NC43)C2NC1C#CC. The molecule has 9 fully saturated rings. The van der Waals surface area contributed by atoms with Gasteiger partial charge in [-0.05, 0) is 55.4 Å². The number of piperazine rings is 4. The van der Waals surface area contributed by atoms with Crippen molar-refractivity contribution in [2.75, 3.05) is 0 Å². The topological polar surface area (TPSA) is 192 Å². The van der Waals surface area contributed by atoms with Gasteiger partial charge in [-0.2, -0.15) is 0 Å². The molecule has 8 bridgehead atoms. The summed E-state index contributed by atoms with van der Waals surface area (Å²) in [5.41, 5.74) is 0. The van der Waals surface area contributed by atoms with Crippen molar-refractivity contribution in [2.45, 2.75) is 201 Å². The molecule has 64 heavy (non-hydrogen) atoms. The fourth-order valence-corrected chi connectivity index (χ4v) is 11.5. The highest BCUT2D eigenvalue weighted by molar-refractivity contribution is 5.32. The van der Waals surface area contributed by atoms with Gasteiger partial charge in [0.05, 0.1) is 146 Å². The summed E-state index contributed by atoms with van der Waals surface area (Å²) in [4.78, 5) is 0. The summed E-state index contributed by atoms with van der Waals surface area (Å²) in [5.74, 6) is 52.6. The van der Waals surface area contributed by atoms with Crippen LogP contribution in [0.1, 0.15) is 55.4 Å². The lowest BCUT2D eigenvalue weighted by Gasteiger charge is -2.42. The molecule has 16 N–H and O–H groups in total. The second kappa shape index (κ2) is 19.7. The fourth-order valence-electron chi connectivity index (χ4n) is 11.5. The summed E-state index contributed by atoms with van der Waals surface area (Å²) < 4.78 is 0. The minimum absolute atomic E-state index is 0.0686. The average Bonchev–Trinajstić information content (AvgIpc) is 3.99. The van der Waals surface area contributed by atoms with Crippen LogP contribution in [0, 0.1) is 94.7 Å². The summed E-state index contributed by atoms with van der Waals surface area (Å²) in [7, 11) is 0. The van der Waals surface area contributed by atoms with Crippen LogP contribution in [0.4, 0.5) is 0 Å². The van der Waals surface area contributed by atoms with Crippen LogP contribution >= 0.6 is 0 Å². The van der Waals surface area contributed by atoms with Gasteiger partial charge in [0.15, 0.2) is 0 Å². The third kappa shape index (κ3) is 8.55. The van der Waals surface area contributed by atoms with E-state index in [1.165, 1.54) is 0 Å². The predicted octanol–water partition coefficient (Wildman–Crippen LogP) is -5.76. The first-order valence-electron chi connectivity index (χ1n) is 22.9. The summed E-state index contributed by atoms with van der Waals surface area (Å²) in [6, 6.07) is -1.92. The number of rotatable bonds is 0. The maximum absolute atomic E-state index is 4.07. The second-order valence-corrected chi connectivity index (χ2v) is 17.7. The third-order valence-electron chi connectivity index (χ3n) is 14.0. The largest absolute Gasteiger partial charge is 0.294 e. The molecular weight excluding hydrogens is 801 g/mol. The van der Waals surface area contributed by atoms with Gasteiger partial charge in [-0.3, -0.25) is 85.1 Å². The molecule has 16 atom stereocenters. The fraction of sp³-hybridized carbons (Fsp3) is 0.667. The van der Waals surface area contributed by atoms with Crippen LogP contribution in [0.2, 0.25) is 0 Å². The van der Waals surface area contributed by atoms with Crippen molar-refractivity contribution in [3.8, 4) is 94.7 Å². The van der Waals surface area contributed by atoms with Crippen molar-refractivity contribution in [3.63, 3.8) is 0 Å². The van der Waals surface area contributed by atoms with E-state index < -0.39 is 0 Å². The lowest BCUT2D eigenvalue weighted by molar-refractivity contribution is 0.208. The van der Waals surface area contributed by atoms with Crippen LogP contribution in [-0.4, -0.2) is 146 Å². The predicted molar refractivity (Wildman–Crippen MR) is 249 cm³/mol. The third-order valence-corrected chi connectivity index (χ3v) is 14.0. The molecule has 9 rings (SSSR count). The molecule has 0 radical (unpaired) electrons. The Kier molecular flexibility index (Phi) is 13.9. The van der Waals surface area contributed by atoms with Gasteiger partial charge in [-0.15, -0.1) is 47.4 Å². The van der Waals surface area contributed by atoms with E-state index in [0.29, 0.717) is 0 Å². The highest BCUT2D eigenvalue weighted by atomic mass is 15.5. The van der Waals surface area contributed by atoms with Gasteiger partial charge in [0.2, 0.25) is 0 Å². The van der Waals surface area contributed by atoms with Crippen LogP contribution in [0.15, 0.2) is 0 Å². The van der Waals surface area contributed by atoms with E-state index in [-0.39, 0.29) is 146 Å². The molecule has 16 unspecified atom stereocenters. The quantitative estimate of drug-likeness (QED) is 0.103. The first kappa shape index (κ1) is 45.0. The standard InChI is InChI=1S/C48H64N16/c1-9-17-25-26(18-10-2)50-34-33(49-25)41-57-42(34)62-44-37-38(54-30(22-14-6)29(53-37)21-13-5)46(59-44)64-48-40-39(55-31(23-15-7)32(56-40)24-16-8)47(60-48)63-45-36-35(43(58-45)61-41)51-27(19-11-3)28(52-36)20-12-4/h25-64H,1-8H3. The highest BCUT2D eigenvalue weighted by Crippen LogP contribution is 2.28. The normalized spacial score (nSPS) is 47.9. The molecule has 0 aliphatic carbocycles. The zero-order valence-electron chi connectivity index (χ0n) is 37.9. The van der Waals surface area contributed by atoms with Gasteiger partial charge >= 0.3 is 0 Å². The lowest BCUT2D eigenvalue weighted by atomic mass is 9.93. The Morgan fingerprint density at radius 3 is 0.375 bits per heavy atom. The Morgan fingerprint density at radius 1 is 0.172 bits per heavy atom. The van der Waals surface area contributed by atoms with E-state index in [1.807, 2.05) is 55.4 Å². The van der Waals surface area contributed by atoms with Gasteiger partial charge in [-0.1, -0.05) is 47.4 Å². The maximum atomic E-state index is 4.07. The minimum atomic E-state index is -0.193. The molecule has 0 aromatic rings. The van der Waals surface area contributed by atoms with E-state index in [4.69, 9.17) is 0 Å². The van der Waals surface area contributed by atoms with Gasteiger partial charge in [-0.25, -0.2) is 0 Å². The first-order chi connectivity index (χ1) is 31.3. The molecule has 16 heteroatoms. The van der Waals surface area contributed by atoms with Crippen LogP contribution < -0.4 is 85.1 Å². The van der Waals surface area contributed by atoms with E-state index in [9.17, 15) is 0 Å². The van der Waals surface area contributed by atoms with Crippen LogP contribution in [0.25, 0.3) is 0 Å². The molecule has 336 valence electrons. The lowest BCUT2D eigenvalue weighted by Crippen LogP contribution is -2.73. The number of nitrogens with one attached hydrogen (secondary N) is 16. The molecule has 0 saturated carbocycles. The molecule has 9 aliphatic heterocycles. The van der Waals surface area contributed by atoms with Crippen LogP contribution in [0.3, 0.4) is 0 Å². The van der Waals surface area contributed by atoms with Crippen LogP contribution in [0.5, 0.6) is 0 Å². The molecule has 0 aromatic heterocycles. The average molecular weight is 865 g/mol. The number of hydrogen-bond donors (Lipinski definition) is 16. The van der Waals surface area contributed by atoms with Crippen molar-refractivity contribution in [1.82, 2.24) is 85.1 Å². The Labute approximate surface area is 380 Å². The molecular formula is C48H64N16. The molecule has 0 aromatic carbocycles. The van der Waals surface area contributed by atoms with E-state index in [2.05, 4.69) is 180 Å².